The van der Waals surface area contributed by atoms with Crippen LogP contribution in [0, 0.1) is 0 Å². The summed E-state index contributed by atoms with van der Waals surface area (Å²) in [6.45, 7) is 0.395. The lowest BCUT2D eigenvalue weighted by atomic mass is 9.97. The third-order valence-corrected chi connectivity index (χ3v) is 9.24. The van der Waals surface area contributed by atoms with Gasteiger partial charge >= 0.3 is 0 Å². The number of aliphatic imine (C=N–C) groups is 2. The van der Waals surface area contributed by atoms with Crippen LogP contribution in [0.3, 0.4) is 0 Å². The number of nitrogens with zero attached hydrogens (tertiary/aromatic N) is 2. The Morgan fingerprint density at radius 1 is 0.480 bits per heavy atom. The molecule has 7 aromatic carbocycles. The summed E-state index contributed by atoms with van der Waals surface area (Å²) in [6, 6.07) is 55.4. The first-order valence-corrected chi connectivity index (χ1v) is 16.6. The number of hydrogen-bond donors (Lipinski definition) is 1. The zero-order valence-corrected chi connectivity index (χ0v) is 27.1. The molecule has 0 atom stereocenters. The molecular formula is C45H31N3O2. The van der Waals surface area contributed by atoms with Crippen molar-refractivity contribution in [3.05, 3.63) is 180 Å². The third kappa shape index (κ3) is 5.31. The molecule has 50 heavy (non-hydrogen) atoms. The Morgan fingerprint density at radius 2 is 1.10 bits per heavy atom. The van der Waals surface area contributed by atoms with E-state index in [-0.39, 0.29) is 0 Å². The summed E-state index contributed by atoms with van der Waals surface area (Å²) in [5.41, 5.74) is 17.3. The van der Waals surface area contributed by atoms with Crippen LogP contribution in [0.15, 0.2) is 183 Å². The number of amidine groups is 2. The van der Waals surface area contributed by atoms with Gasteiger partial charge in [-0.2, -0.15) is 0 Å². The van der Waals surface area contributed by atoms with Crippen molar-refractivity contribution in [2.24, 2.45) is 15.7 Å². The summed E-state index contributed by atoms with van der Waals surface area (Å²) in [5.74, 6) is 0.976. The first kappa shape index (κ1) is 29.4. The zero-order chi connectivity index (χ0) is 33.4. The maximum atomic E-state index is 6.63. The highest BCUT2D eigenvalue weighted by Gasteiger charge is 2.16. The molecule has 9 aromatic rings. The minimum Gasteiger partial charge on any atom is -0.456 e. The summed E-state index contributed by atoms with van der Waals surface area (Å²) in [5, 5.41) is 4.29. The molecule has 238 valence electrons. The Kier molecular flexibility index (Phi) is 7.29. The standard InChI is InChI=1S/C45H31N3O2/c46-44(31-23-21-30(22-24-31)29-11-3-1-4-12-29)48-45(32-13-5-2-6-14-32)47-28-34-15-9-19-40-42(34)37-27-33(25-26-39(37)50-40)35-17-10-20-41-43(35)36-16-7-8-18-38(36)49-41/h1-27H,28H2,(H2,46,47,48). The van der Waals surface area contributed by atoms with E-state index in [1.807, 2.05) is 97.1 Å². The summed E-state index contributed by atoms with van der Waals surface area (Å²) in [7, 11) is 0. The molecule has 5 nitrogen and oxygen atoms in total. The van der Waals surface area contributed by atoms with Gasteiger partial charge in [0.15, 0.2) is 5.84 Å². The van der Waals surface area contributed by atoms with E-state index in [4.69, 9.17) is 24.6 Å². The van der Waals surface area contributed by atoms with E-state index in [0.717, 1.165) is 82.8 Å². The van der Waals surface area contributed by atoms with Gasteiger partial charge < -0.3 is 14.6 Å². The number of nitrogens with two attached hydrogens (primary N) is 1. The highest BCUT2D eigenvalue weighted by atomic mass is 16.3. The van der Waals surface area contributed by atoms with Crippen LogP contribution in [0.1, 0.15) is 16.7 Å². The lowest BCUT2D eigenvalue weighted by molar-refractivity contribution is 0.668. The third-order valence-electron chi connectivity index (χ3n) is 9.24. The van der Waals surface area contributed by atoms with Crippen LogP contribution in [0.5, 0.6) is 0 Å². The first-order valence-electron chi connectivity index (χ1n) is 16.6. The van der Waals surface area contributed by atoms with Crippen LogP contribution in [0.2, 0.25) is 0 Å². The van der Waals surface area contributed by atoms with Crippen molar-refractivity contribution in [1.82, 2.24) is 0 Å². The van der Waals surface area contributed by atoms with Gasteiger partial charge in [0.2, 0.25) is 0 Å². The van der Waals surface area contributed by atoms with E-state index in [2.05, 4.69) is 66.7 Å². The second kappa shape index (κ2) is 12.4. The number of fused-ring (bicyclic) bond motifs is 6. The molecule has 0 saturated carbocycles. The van der Waals surface area contributed by atoms with E-state index in [0.29, 0.717) is 18.2 Å². The van der Waals surface area contributed by atoms with Gasteiger partial charge in [-0.1, -0.05) is 133 Å². The van der Waals surface area contributed by atoms with E-state index in [1.165, 1.54) is 0 Å². The lowest BCUT2D eigenvalue weighted by Crippen LogP contribution is -2.16. The fourth-order valence-corrected chi connectivity index (χ4v) is 6.80. The molecule has 2 aromatic heterocycles. The van der Waals surface area contributed by atoms with Crippen LogP contribution < -0.4 is 5.73 Å². The summed E-state index contributed by atoms with van der Waals surface area (Å²) in [4.78, 5) is 9.95. The summed E-state index contributed by atoms with van der Waals surface area (Å²) in [6.07, 6.45) is 0. The fraction of sp³-hybridized carbons (Fsp3) is 0.0222. The molecule has 5 heteroatoms. The maximum absolute atomic E-state index is 6.63. The topological polar surface area (TPSA) is 77.0 Å². The van der Waals surface area contributed by atoms with Gasteiger partial charge in [-0.3, -0.25) is 4.99 Å². The molecule has 0 fully saturated rings. The highest BCUT2D eigenvalue weighted by molar-refractivity contribution is 6.15. The maximum Gasteiger partial charge on any atom is 0.157 e. The smallest absolute Gasteiger partial charge is 0.157 e. The Labute approximate surface area is 288 Å². The lowest BCUT2D eigenvalue weighted by Gasteiger charge is -2.08. The first-order chi connectivity index (χ1) is 24.7. The molecule has 0 saturated heterocycles. The van der Waals surface area contributed by atoms with Crippen molar-refractivity contribution >= 4 is 55.5 Å². The molecular weight excluding hydrogens is 615 g/mol. The van der Waals surface area contributed by atoms with Gasteiger partial charge in [-0.15, -0.1) is 0 Å². The van der Waals surface area contributed by atoms with Gasteiger partial charge in [0.1, 0.15) is 28.2 Å². The Hall–Kier alpha value is -6.72. The van der Waals surface area contributed by atoms with E-state index < -0.39 is 0 Å². The van der Waals surface area contributed by atoms with Crippen LogP contribution in [0.4, 0.5) is 0 Å². The van der Waals surface area contributed by atoms with Crippen LogP contribution in [-0.4, -0.2) is 11.7 Å². The van der Waals surface area contributed by atoms with Crippen molar-refractivity contribution in [1.29, 1.82) is 0 Å². The molecule has 0 aliphatic rings. The van der Waals surface area contributed by atoms with Gasteiger partial charge in [-0.25, -0.2) is 4.99 Å². The molecule has 0 spiro atoms. The molecule has 0 amide bonds. The quantitative estimate of drug-likeness (QED) is 0.144. The average Bonchev–Trinajstić information content (AvgIpc) is 3.76. The largest absolute Gasteiger partial charge is 0.456 e. The Morgan fingerprint density at radius 3 is 1.90 bits per heavy atom. The number of furan rings is 2. The molecule has 0 aliphatic heterocycles. The van der Waals surface area contributed by atoms with Crippen molar-refractivity contribution < 1.29 is 8.83 Å². The van der Waals surface area contributed by atoms with Crippen LogP contribution in [0.25, 0.3) is 66.1 Å². The molecule has 0 bridgehead atoms. The minimum atomic E-state index is 0.395. The van der Waals surface area contributed by atoms with Crippen molar-refractivity contribution in [3.8, 4) is 22.3 Å². The number of rotatable bonds is 6. The van der Waals surface area contributed by atoms with Crippen molar-refractivity contribution in [2.45, 2.75) is 6.54 Å². The number of benzene rings is 7. The van der Waals surface area contributed by atoms with E-state index in [9.17, 15) is 0 Å². The van der Waals surface area contributed by atoms with Crippen molar-refractivity contribution in [2.75, 3.05) is 0 Å². The molecule has 9 rings (SSSR count). The Balaban J connectivity index is 1.11. The van der Waals surface area contributed by atoms with Gasteiger partial charge in [-0.05, 0) is 58.1 Å². The van der Waals surface area contributed by atoms with Gasteiger partial charge in [0, 0.05) is 32.7 Å². The van der Waals surface area contributed by atoms with Gasteiger partial charge in [0.05, 0.1) is 6.54 Å². The molecule has 2 N–H and O–H groups in total. The molecule has 2 heterocycles. The SMILES string of the molecule is N/C(=N\C(=N/Cc1cccc2oc3ccc(-c4cccc5oc6ccccc6c45)cc3c12)c1ccccc1)c1ccc(-c2ccccc2)cc1. The Bertz CT molecular complexity index is 2720. The zero-order valence-electron chi connectivity index (χ0n) is 27.1. The number of hydrogen-bond acceptors (Lipinski definition) is 3. The van der Waals surface area contributed by atoms with Crippen LogP contribution in [-0.2, 0) is 6.54 Å². The normalized spacial score (nSPS) is 12.4. The monoisotopic (exact) mass is 645 g/mol. The summed E-state index contributed by atoms with van der Waals surface area (Å²) >= 11 is 0. The van der Waals surface area contributed by atoms with E-state index in [1.54, 1.807) is 0 Å². The van der Waals surface area contributed by atoms with E-state index >= 15 is 0 Å². The highest BCUT2D eigenvalue weighted by Crippen LogP contribution is 2.39. The minimum absolute atomic E-state index is 0.395. The second-order valence-electron chi connectivity index (χ2n) is 12.3. The molecule has 0 radical (unpaired) electrons. The average molecular weight is 646 g/mol. The predicted octanol–water partition coefficient (Wildman–Crippen LogP) is 11.2. The second-order valence-corrected chi connectivity index (χ2v) is 12.3. The van der Waals surface area contributed by atoms with Crippen molar-refractivity contribution in [3.63, 3.8) is 0 Å². The molecule has 0 unspecified atom stereocenters. The number of para-hydroxylation sites is 1. The molecule has 0 aliphatic carbocycles. The van der Waals surface area contributed by atoms with Gasteiger partial charge in [0.25, 0.3) is 0 Å². The fourth-order valence-electron chi connectivity index (χ4n) is 6.80. The predicted molar refractivity (Wildman–Crippen MR) is 206 cm³/mol. The summed E-state index contributed by atoms with van der Waals surface area (Å²) < 4.78 is 12.6. The van der Waals surface area contributed by atoms with Crippen LogP contribution >= 0.6 is 0 Å².